The zero-order valence-corrected chi connectivity index (χ0v) is 15.7. The molecule has 0 spiro atoms. The first-order chi connectivity index (χ1) is 11.8. The molecule has 2 N–H and O–H groups in total. The molecule has 2 aromatic carbocycles. The van der Waals surface area contributed by atoms with Gasteiger partial charge in [-0.25, -0.2) is 0 Å². The number of benzene rings is 2. The number of carbonyl (C=O) groups excluding carboxylic acids is 1. The molecule has 134 valence electrons. The molecular weight excluding hydrogens is 310 g/mol. The van der Waals surface area contributed by atoms with Gasteiger partial charge in [0.1, 0.15) is 11.4 Å². The van der Waals surface area contributed by atoms with E-state index in [1.807, 2.05) is 26.0 Å². The van der Waals surface area contributed by atoms with Crippen LogP contribution in [0.1, 0.15) is 68.1 Å². The fourth-order valence-electron chi connectivity index (χ4n) is 3.06. The Morgan fingerprint density at radius 2 is 1.88 bits per heavy atom. The highest BCUT2D eigenvalue weighted by molar-refractivity contribution is 5.94. The summed E-state index contributed by atoms with van der Waals surface area (Å²) in [7, 11) is 0. The number of rotatable bonds is 3. The number of fused-ring (bicyclic) bond motifs is 1. The van der Waals surface area contributed by atoms with Crippen molar-refractivity contribution in [3.8, 4) is 5.75 Å². The molecule has 1 unspecified atom stereocenters. The molecule has 1 aliphatic heterocycles. The average Bonchev–Trinajstić information content (AvgIpc) is 2.55. The minimum absolute atomic E-state index is 0.0554. The standard InChI is InChI=1S/C13H17NO2.C9H12/c1-8(15)9-4-5-12-10(6-9)11(14)7-13(2,3)16-12;1-2-6-9-7-4-3-5-8-9/h4-6,11H,7,14H2,1-3H3;3-5,7-8H,2,6H2,1H3. The molecule has 0 radical (unpaired) electrons. The van der Waals surface area contributed by atoms with Crippen LogP contribution in [0.5, 0.6) is 5.75 Å². The topological polar surface area (TPSA) is 52.3 Å². The number of hydrogen-bond acceptors (Lipinski definition) is 3. The van der Waals surface area contributed by atoms with Crippen molar-refractivity contribution in [1.82, 2.24) is 0 Å². The van der Waals surface area contributed by atoms with Crippen molar-refractivity contribution in [2.24, 2.45) is 5.73 Å². The van der Waals surface area contributed by atoms with Crippen molar-refractivity contribution in [3.63, 3.8) is 0 Å². The molecule has 1 atom stereocenters. The fourth-order valence-corrected chi connectivity index (χ4v) is 3.06. The maximum Gasteiger partial charge on any atom is 0.159 e. The summed E-state index contributed by atoms with van der Waals surface area (Å²) in [5.41, 5.74) is 8.94. The predicted octanol–water partition coefficient (Wildman–Crippen LogP) is 5.09. The van der Waals surface area contributed by atoms with E-state index < -0.39 is 0 Å². The molecule has 1 heterocycles. The molecule has 0 aromatic heterocycles. The quantitative estimate of drug-likeness (QED) is 0.793. The Morgan fingerprint density at radius 1 is 1.20 bits per heavy atom. The van der Waals surface area contributed by atoms with Gasteiger partial charge >= 0.3 is 0 Å². The fraction of sp³-hybridized carbons (Fsp3) is 0.409. The number of hydrogen-bond donors (Lipinski definition) is 1. The molecule has 0 saturated heterocycles. The minimum Gasteiger partial charge on any atom is -0.487 e. The Bertz CT molecular complexity index is 707. The number of carbonyl (C=O) groups is 1. The van der Waals surface area contributed by atoms with Crippen LogP contribution in [0.3, 0.4) is 0 Å². The molecule has 25 heavy (non-hydrogen) atoms. The van der Waals surface area contributed by atoms with Gasteiger partial charge in [0.2, 0.25) is 0 Å². The van der Waals surface area contributed by atoms with Gasteiger partial charge < -0.3 is 10.5 Å². The molecule has 1 aliphatic rings. The summed E-state index contributed by atoms with van der Waals surface area (Å²) in [6.45, 7) is 7.80. The summed E-state index contributed by atoms with van der Waals surface area (Å²) in [5, 5.41) is 0. The average molecular weight is 339 g/mol. The van der Waals surface area contributed by atoms with Crippen LogP contribution in [0.4, 0.5) is 0 Å². The third kappa shape index (κ3) is 5.43. The van der Waals surface area contributed by atoms with Crippen LogP contribution in [0, 0.1) is 0 Å². The number of nitrogens with two attached hydrogens (primary N) is 1. The second kappa shape index (κ2) is 8.30. The number of ether oxygens (including phenoxy) is 1. The second-order valence-corrected chi connectivity index (χ2v) is 7.22. The van der Waals surface area contributed by atoms with E-state index in [0.29, 0.717) is 5.56 Å². The highest BCUT2D eigenvalue weighted by Crippen LogP contribution is 2.38. The lowest BCUT2D eigenvalue weighted by Crippen LogP contribution is -2.37. The van der Waals surface area contributed by atoms with Crippen molar-refractivity contribution in [3.05, 3.63) is 65.2 Å². The predicted molar refractivity (Wildman–Crippen MR) is 103 cm³/mol. The van der Waals surface area contributed by atoms with Crippen molar-refractivity contribution in [1.29, 1.82) is 0 Å². The van der Waals surface area contributed by atoms with E-state index in [9.17, 15) is 4.79 Å². The van der Waals surface area contributed by atoms with Crippen LogP contribution in [-0.2, 0) is 6.42 Å². The van der Waals surface area contributed by atoms with E-state index in [2.05, 4.69) is 37.3 Å². The van der Waals surface area contributed by atoms with E-state index >= 15 is 0 Å². The maximum atomic E-state index is 11.3. The first-order valence-corrected chi connectivity index (χ1v) is 8.96. The third-order valence-corrected chi connectivity index (χ3v) is 4.30. The van der Waals surface area contributed by atoms with Gasteiger partial charge in [0, 0.05) is 23.6 Å². The largest absolute Gasteiger partial charge is 0.487 e. The lowest BCUT2D eigenvalue weighted by Gasteiger charge is -2.36. The van der Waals surface area contributed by atoms with E-state index in [4.69, 9.17) is 10.5 Å². The summed E-state index contributed by atoms with van der Waals surface area (Å²) < 4.78 is 5.83. The third-order valence-electron chi connectivity index (χ3n) is 4.30. The van der Waals surface area contributed by atoms with Crippen molar-refractivity contribution in [2.45, 2.75) is 58.6 Å². The van der Waals surface area contributed by atoms with E-state index in [1.54, 1.807) is 13.0 Å². The van der Waals surface area contributed by atoms with Crippen LogP contribution in [0.2, 0.25) is 0 Å². The zero-order chi connectivity index (χ0) is 18.4. The van der Waals surface area contributed by atoms with Crippen molar-refractivity contribution >= 4 is 5.78 Å². The van der Waals surface area contributed by atoms with Gasteiger partial charge in [-0.1, -0.05) is 43.7 Å². The second-order valence-electron chi connectivity index (χ2n) is 7.22. The monoisotopic (exact) mass is 339 g/mol. The Labute approximate surface area is 151 Å². The molecule has 3 rings (SSSR count). The molecule has 2 aromatic rings. The van der Waals surface area contributed by atoms with Gasteiger partial charge in [-0.2, -0.15) is 0 Å². The van der Waals surface area contributed by atoms with Crippen molar-refractivity contribution in [2.75, 3.05) is 0 Å². The van der Waals surface area contributed by atoms with Gasteiger partial charge in [-0.15, -0.1) is 0 Å². The smallest absolute Gasteiger partial charge is 0.159 e. The molecule has 3 heteroatoms. The number of aryl methyl sites for hydroxylation is 1. The van der Waals surface area contributed by atoms with Crippen LogP contribution >= 0.6 is 0 Å². The molecule has 0 saturated carbocycles. The van der Waals surface area contributed by atoms with Crippen LogP contribution in [-0.4, -0.2) is 11.4 Å². The summed E-state index contributed by atoms with van der Waals surface area (Å²) in [6.07, 6.45) is 3.21. The van der Waals surface area contributed by atoms with Crippen LogP contribution in [0.15, 0.2) is 48.5 Å². The molecule has 0 amide bonds. The van der Waals surface area contributed by atoms with E-state index in [0.717, 1.165) is 17.7 Å². The van der Waals surface area contributed by atoms with Crippen LogP contribution in [0.25, 0.3) is 0 Å². The van der Waals surface area contributed by atoms with Crippen molar-refractivity contribution < 1.29 is 9.53 Å². The first-order valence-electron chi connectivity index (χ1n) is 8.96. The molecular formula is C22H29NO2. The lowest BCUT2D eigenvalue weighted by molar-refractivity contribution is 0.0728. The Hall–Kier alpha value is -2.13. The van der Waals surface area contributed by atoms with Gasteiger partial charge in [0.05, 0.1) is 0 Å². The van der Waals surface area contributed by atoms with Gasteiger partial charge in [-0.3, -0.25) is 4.79 Å². The summed E-state index contributed by atoms with van der Waals surface area (Å²) in [5.74, 6) is 0.855. The Morgan fingerprint density at radius 3 is 2.48 bits per heavy atom. The SMILES string of the molecule is CC(=O)c1ccc2c(c1)C(N)CC(C)(C)O2.CCCc1ccccc1. The zero-order valence-electron chi connectivity index (χ0n) is 15.7. The minimum atomic E-state index is -0.232. The summed E-state index contributed by atoms with van der Waals surface area (Å²) >= 11 is 0. The van der Waals surface area contributed by atoms with E-state index in [-0.39, 0.29) is 17.4 Å². The summed E-state index contributed by atoms with van der Waals surface area (Å²) in [4.78, 5) is 11.3. The molecule has 0 aliphatic carbocycles. The number of Topliss-reactive ketones (excluding diaryl/α,β-unsaturated/α-hetero) is 1. The highest BCUT2D eigenvalue weighted by atomic mass is 16.5. The Balaban J connectivity index is 0.000000212. The van der Waals surface area contributed by atoms with Gasteiger partial charge in [0.25, 0.3) is 0 Å². The van der Waals surface area contributed by atoms with E-state index in [1.165, 1.54) is 18.4 Å². The maximum absolute atomic E-state index is 11.3. The Kier molecular flexibility index (Phi) is 6.38. The first kappa shape index (κ1) is 19.2. The van der Waals surface area contributed by atoms with Gasteiger partial charge in [-0.05, 0) is 51.0 Å². The molecule has 0 bridgehead atoms. The normalized spacial score (nSPS) is 17.6. The number of ketones is 1. The molecule has 0 fully saturated rings. The lowest BCUT2D eigenvalue weighted by atomic mass is 9.89. The highest BCUT2D eigenvalue weighted by Gasteiger charge is 2.31. The summed E-state index contributed by atoms with van der Waals surface area (Å²) in [6, 6.07) is 16.0. The molecule has 3 nitrogen and oxygen atoms in total. The van der Waals surface area contributed by atoms with Gasteiger partial charge in [0.15, 0.2) is 5.78 Å². The van der Waals surface area contributed by atoms with Crippen LogP contribution < -0.4 is 10.5 Å².